The Morgan fingerprint density at radius 3 is 1.89 bits per heavy atom. The van der Waals surface area contributed by atoms with E-state index in [9.17, 15) is 14.4 Å². The zero-order valence-electron chi connectivity index (χ0n) is 18.6. The Morgan fingerprint density at radius 1 is 0.750 bits per heavy atom. The topological polar surface area (TPSA) is 69.7 Å². The predicted molar refractivity (Wildman–Crippen MR) is 112 cm³/mol. The molecule has 0 aromatic rings. The molecule has 0 saturated carbocycles. The molecule has 0 spiro atoms. The van der Waals surface area contributed by atoms with Crippen LogP contribution in [0.2, 0.25) is 0 Å². The molecule has 5 nitrogen and oxygen atoms in total. The van der Waals surface area contributed by atoms with Crippen molar-refractivity contribution in [2.24, 2.45) is 5.92 Å². The highest BCUT2D eigenvalue weighted by molar-refractivity contribution is 5.78. The van der Waals surface area contributed by atoms with Crippen LogP contribution >= 0.6 is 0 Å². The van der Waals surface area contributed by atoms with Crippen molar-refractivity contribution >= 4 is 17.7 Å². The van der Waals surface area contributed by atoms with Crippen LogP contribution in [0.4, 0.5) is 0 Å². The van der Waals surface area contributed by atoms with Gasteiger partial charge in [0.2, 0.25) is 0 Å². The van der Waals surface area contributed by atoms with Gasteiger partial charge in [0.25, 0.3) is 0 Å². The number of ether oxygens (including phenoxy) is 2. The predicted octanol–water partition coefficient (Wildman–Crippen LogP) is 5.78. The van der Waals surface area contributed by atoms with Gasteiger partial charge in [0.15, 0.2) is 0 Å². The highest BCUT2D eigenvalue weighted by Gasteiger charge is 2.15. The van der Waals surface area contributed by atoms with Gasteiger partial charge in [0, 0.05) is 19.3 Å². The van der Waals surface area contributed by atoms with Gasteiger partial charge in [-0.2, -0.15) is 0 Å². The Labute approximate surface area is 171 Å². The largest absolute Gasteiger partial charge is 0.466 e. The maximum Gasteiger partial charge on any atom is 0.305 e. The molecule has 2 atom stereocenters. The molecule has 0 N–H and O–H groups in total. The van der Waals surface area contributed by atoms with Crippen LogP contribution in [0.5, 0.6) is 0 Å². The summed E-state index contributed by atoms with van der Waals surface area (Å²) < 4.78 is 10.3. The van der Waals surface area contributed by atoms with E-state index in [0.717, 1.165) is 77.0 Å². The Hall–Kier alpha value is -1.39. The van der Waals surface area contributed by atoms with E-state index < -0.39 is 0 Å². The molecular weight excluding hydrogens is 356 g/mol. The van der Waals surface area contributed by atoms with E-state index in [1.54, 1.807) is 6.92 Å². The molecule has 2 unspecified atom stereocenters. The van der Waals surface area contributed by atoms with Crippen molar-refractivity contribution < 1.29 is 23.9 Å². The van der Waals surface area contributed by atoms with Crippen molar-refractivity contribution in [3.8, 4) is 0 Å². The number of unbranched alkanes of at least 4 members (excludes halogenated alkanes) is 5. The summed E-state index contributed by atoms with van der Waals surface area (Å²) in [6.45, 7) is 7.56. The summed E-state index contributed by atoms with van der Waals surface area (Å²) in [5.74, 6) is 0.0858. The highest BCUT2D eigenvalue weighted by Crippen LogP contribution is 2.21. The average Bonchev–Trinajstić information content (AvgIpc) is 2.63. The van der Waals surface area contributed by atoms with Crippen LogP contribution in [0.15, 0.2) is 0 Å². The van der Waals surface area contributed by atoms with Crippen LogP contribution in [0.25, 0.3) is 0 Å². The van der Waals surface area contributed by atoms with Gasteiger partial charge in [-0.3, -0.25) is 14.4 Å². The quantitative estimate of drug-likeness (QED) is 0.216. The van der Waals surface area contributed by atoms with E-state index in [0.29, 0.717) is 13.0 Å². The Kier molecular flexibility index (Phi) is 16.8. The van der Waals surface area contributed by atoms with Gasteiger partial charge in [-0.1, -0.05) is 45.4 Å². The number of carbonyl (C=O) groups is 3. The molecule has 0 heterocycles. The minimum absolute atomic E-state index is 0.0210. The molecule has 0 rings (SSSR count). The van der Waals surface area contributed by atoms with Crippen molar-refractivity contribution in [1.82, 2.24) is 0 Å². The summed E-state index contributed by atoms with van der Waals surface area (Å²) in [5.41, 5.74) is 0. The van der Waals surface area contributed by atoms with Gasteiger partial charge < -0.3 is 9.47 Å². The summed E-state index contributed by atoms with van der Waals surface area (Å²) in [4.78, 5) is 34.4. The van der Waals surface area contributed by atoms with E-state index in [1.807, 2.05) is 6.92 Å². The molecule has 28 heavy (non-hydrogen) atoms. The maximum absolute atomic E-state index is 11.9. The van der Waals surface area contributed by atoms with Crippen LogP contribution in [-0.2, 0) is 23.9 Å². The molecule has 0 aromatic heterocycles. The fourth-order valence-corrected chi connectivity index (χ4v) is 3.49. The van der Waals surface area contributed by atoms with Crippen LogP contribution < -0.4 is 0 Å². The van der Waals surface area contributed by atoms with E-state index in [4.69, 9.17) is 9.47 Å². The summed E-state index contributed by atoms with van der Waals surface area (Å²) in [6.07, 6.45) is 12.3. The molecule has 5 heteroatoms. The lowest BCUT2D eigenvalue weighted by Crippen LogP contribution is -2.17. The third-order valence-corrected chi connectivity index (χ3v) is 5.10. The van der Waals surface area contributed by atoms with Gasteiger partial charge in [-0.15, -0.1) is 0 Å². The average molecular weight is 399 g/mol. The second-order valence-electron chi connectivity index (χ2n) is 7.72. The van der Waals surface area contributed by atoms with E-state index >= 15 is 0 Å². The summed E-state index contributed by atoms with van der Waals surface area (Å²) in [7, 11) is 0. The molecule has 0 amide bonds. The van der Waals surface area contributed by atoms with Crippen LogP contribution in [-0.4, -0.2) is 30.4 Å². The Morgan fingerprint density at radius 2 is 1.32 bits per heavy atom. The standard InChI is InChI=1S/C23H42O5/c1-5-7-16-22(28-20(4)25)17-13-12-15-21(19(3)24)14-10-8-9-11-18-23(26)27-6-2/h21-22H,5-18H2,1-4H3. The molecule has 0 aliphatic rings. The smallest absolute Gasteiger partial charge is 0.305 e. The van der Waals surface area contributed by atoms with Crippen LogP contribution in [0.1, 0.15) is 111 Å². The fraction of sp³-hybridized carbons (Fsp3) is 0.870. The van der Waals surface area contributed by atoms with Gasteiger partial charge in [0.1, 0.15) is 11.9 Å². The van der Waals surface area contributed by atoms with E-state index in [-0.39, 0.29) is 29.7 Å². The molecule has 0 fully saturated rings. The fourth-order valence-electron chi connectivity index (χ4n) is 3.49. The minimum atomic E-state index is -0.203. The summed E-state index contributed by atoms with van der Waals surface area (Å²) >= 11 is 0. The van der Waals surface area contributed by atoms with Crippen molar-refractivity contribution in [2.75, 3.05) is 6.61 Å². The second kappa shape index (κ2) is 17.7. The lowest BCUT2D eigenvalue weighted by atomic mass is 9.91. The third-order valence-electron chi connectivity index (χ3n) is 5.10. The third kappa shape index (κ3) is 15.6. The van der Waals surface area contributed by atoms with E-state index in [1.165, 1.54) is 6.92 Å². The molecule has 0 radical (unpaired) electrons. The molecule has 0 aromatic carbocycles. The van der Waals surface area contributed by atoms with Gasteiger partial charge in [0.05, 0.1) is 6.61 Å². The van der Waals surface area contributed by atoms with E-state index in [2.05, 4.69) is 6.92 Å². The Bertz CT molecular complexity index is 433. The molecule has 0 aliphatic carbocycles. The second-order valence-corrected chi connectivity index (χ2v) is 7.72. The Balaban J connectivity index is 3.96. The normalized spacial score (nSPS) is 13.0. The van der Waals surface area contributed by atoms with Crippen molar-refractivity contribution in [2.45, 2.75) is 117 Å². The monoisotopic (exact) mass is 398 g/mol. The number of rotatable bonds is 18. The molecular formula is C23H42O5. The number of ketones is 1. The van der Waals surface area contributed by atoms with Crippen molar-refractivity contribution in [1.29, 1.82) is 0 Å². The first-order valence-corrected chi connectivity index (χ1v) is 11.2. The van der Waals surface area contributed by atoms with Crippen molar-refractivity contribution in [3.63, 3.8) is 0 Å². The first kappa shape index (κ1) is 26.6. The van der Waals surface area contributed by atoms with Gasteiger partial charge in [-0.05, 0) is 52.4 Å². The lowest BCUT2D eigenvalue weighted by Gasteiger charge is -2.18. The highest BCUT2D eigenvalue weighted by atomic mass is 16.5. The first-order valence-electron chi connectivity index (χ1n) is 11.2. The molecule has 0 aliphatic heterocycles. The minimum Gasteiger partial charge on any atom is -0.466 e. The SMILES string of the molecule is CCCCC(CCCCC(CCCCCCC(=O)OCC)C(C)=O)OC(C)=O. The van der Waals surface area contributed by atoms with Gasteiger partial charge >= 0.3 is 11.9 Å². The number of esters is 2. The van der Waals surface area contributed by atoms with Crippen molar-refractivity contribution in [3.05, 3.63) is 0 Å². The number of hydrogen-bond acceptors (Lipinski definition) is 5. The zero-order valence-corrected chi connectivity index (χ0v) is 18.6. The zero-order chi connectivity index (χ0) is 21.2. The van der Waals surface area contributed by atoms with Crippen LogP contribution in [0.3, 0.4) is 0 Å². The molecule has 0 bridgehead atoms. The number of Topliss-reactive ketones (excluding diaryl/α,β-unsaturated/α-hetero) is 1. The summed E-state index contributed by atoms with van der Waals surface area (Å²) in [5, 5.41) is 0. The van der Waals surface area contributed by atoms with Gasteiger partial charge in [-0.25, -0.2) is 0 Å². The number of carbonyl (C=O) groups excluding carboxylic acids is 3. The van der Waals surface area contributed by atoms with Crippen LogP contribution in [0, 0.1) is 5.92 Å². The molecule has 164 valence electrons. The number of hydrogen-bond donors (Lipinski definition) is 0. The lowest BCUT2D eigenvalue weighted by molar-refractivity contribution is -0.147. The first-order chi connectivity index (χ1) is 13.4. The maximum atomic E-state index is 11.9. The molecule has 0 saturated heterocycles. The summed E-state index contributed by atoms with van der Waals surface area (Å²) in [6, 6.07) is 0.